The van der Waals surface area contributed by atoms with Gasteiger partial charge in [0.2, 0.25) is 5.91 Å². The van der Waals surface area contributed by atoms with Crippen LogP contribution in [0.3, 0.4) is 0 Å². The normalized spacial score (nSPS) is 15.9. The van der Waals surface area contributed by atoms with Gasteiger partial charge >= 0.3 is 11.1 Å². The maximum absolute atomic E-state index is 12.5. The first-order chi connectivity index (χ1) is 12.9. The van der Waals surface area contributed by atoms with Crippen LogP contribution in [-0.4, -0.2) is 27.0 Å². The molecule has 4 N–H and O–H groups in total. The van der Waals surface area contributed by atoms with Crippen LogP contribution in [-0.2, 0) is 4.79 Å². The lowest BCUT2D eigenvalue weighted by atomic mass is 10.1. The molecule has 27 heavy (non-hydrogen) atoms. The molecule has 3 aromatic rings. The van der Waals surface area contributed by atoms with Crippen LogP contribution >= 0.6 is 11.8 Å². The Hall–Kier alpha value is -3.33. The van der Waals surface area contributed by atoms with E-state index in [1.165, 1.54) is 11.8 Å². The van der Waals surface area contributed by atoms with Crippen molar-refractivity contribution in [2.75, 3.05) is 10.6 Å². The summed E-state index contributed by atoms with van der Waals surface area (Å²) >= 11 is 1.44. The van der Waals surface area contributed by atoms with Crippen LogP contribution in [0.15, 0.2) is 50.9 Å². The van der Waals surface area contributed by atoms with E-state index >= 15 is 0 Å². The Kier molecular flexibility index (Phi) is 4.08. The van der Waals surface area contributed by atoms with Crippen molar-refractivity contribution in [3.05, 3.63) is 62.7 Å². The molecule has 0 fully saturated rings. The number of carbonyl (C=O) groups is 2. The highest BCUT2D eigenvalue weighted by atomic mass is 32.2. The summed E-state index contributed by atoms with van der Waals surface area (Å²) in [4.78, 5) is 53.0. The molecule has 2 heterocycles. The first-order valence-corrected chi connectivity index (χ1v) is 8.98. The molecule has 0 unspecified atom stereocenters. The van der Waals surface area contributed by atoms with E-state index in [1.54, 1.807) is 36.4 Å². The fraction of sp³-hybridized carbons (Fsp3) is 0.111. The minimum absolute atomic E-state index is 0.0995. The Morgan fingerprint density at radius 3 is 2.52 bits per heavy atom. The third kappa shape index (κ3) is 3.24. The molecule has 0 bridgehead atoms. The number of hydrogen-bond acceptors (Lipinski definition) is 5. The number of aromatic nitrogens is 2. The third-order valence-electron chi connectivity index (χ3n) is 4.15. The van der Waals surface area contributed by atoms with Gasteiger partial charge in [-0.15, -0.1) is 11.8 Å². The van der Waals surface area contributed by atoms with E-state index in [9.17, 15) is 19.2 Å². The van der Waals surface area contributed by atoms with Gasteiger partial charge in [-0.05, 0) is 43.3 Å². The van der Waals surface area contributed by atoms with Gasteiger partial charge in [0.25, 0.3) is 5.91 Å². The molecule has 9 heteroatoms. The Balaban J connectivity index is 1.61. The molecule has 0 saturated heterocycles. The quantitative estimate of drug-likeness (QED) is 0.504. The number of hydrogen-bond donors (Lipinski definition) is 4. The fourth-order valence-corrected chi connectivity index (χ4v) is 3.68. The highest BCUT2D eigenvalue weighted by Gasteiger charge is 2.23. The summed E-state index contributed by atoms with van der Waals surface area (Å²) in [5.41, 5.74) is 0.821. The first kappa shape index (κ1) is 17.1. The molecule has 1 aromatic heterocycles. The Morgan fingerprint density at radius 1 is 1.00 bits per heavy atom. The van der Waals surface area contributed by atoms with Crippen LogP contribution in [0.4, 0.5) is 11.4 Å². The van der Waals surface area contributed by atoms with Crippen LogP contribution in [0.25, 0.3) is 11.0 Å². The topological polar surface area (TPSA) is 124 Å². The minimum atomic E-state index is -0.761. The lowest BCUT2D eigenvalue weighted by molar-refractivity contribution is -0.115. The first-order valence-electron chi connectivity index (χ1n) is 8.10. The molecule has 8 nitrogen and oxygen atoms in total. The highest BCUT2D eigenvalue weighted by Crippen LogP contribution is 2.36. The van der Waals surface area contributed by atoms with Crippen LogP contribution in [0, 0.1) is 0 Å². The monoisotopic (exact) mass is 382 g/mol. The van der Waals surface area contributed by atoms with Gasteiger partial charge in [0, 0.05) is 16.1 Å². The average Bonchev–Trinajstić information content (AvgIpc) is 2.63. The average molecular weight is 382 g/mol. The van der Waals surface area contributed by atoms with Gasteiger partial charge in [-0.3, -0.25) is 19.2 Å². The van der Waals surface area contributed by atoms with Gasteiger partial charge in [0.05, 0.1) is 22.0 Å². The number of anilines is 2. The Morgan fingerprint density at radius 2 is 1.74 bits per heavy atom. The van der Waals surface area contributed by atoms with Crippen molar-refractivity contribution in [2.24, 2.45) is 0 Å². The zero-order chi connectivity index (χ0) is 19.1. The maximum Gasteiger partial charge on any atom is 0.314 e. The SMILES string of the molecule is C[C@@H]1Sc2ccc(C(=O)Nc3ccc4[nH]c(=O)c(=O)[nH]c4c3)cc2NC1=O. The molecule has 1 aliphatic rings. The van der Waals surface area contributed by atoms with Gasteiger partial charge in [0.15, 0.2) is 0 Å². The summed E-state index contributed by atoms with van der Waals surface area (Å²) in [7, 11) is 0. The molecule has 1 atom stereocenters. The number of thioether (sulfide) groups is 1. The number of nitrogens with one attached hydrogen (secondary N) is 4. The summed E-state index contributed by atoms with van der Waals surface area (Å²) < 4.78 is 0. The van der Waals surface area contributed by atoms with E-state index in [0.29, 0.717) is 28.0 Å². The summed E-state index contributed by atoms with van der Waals surface area (Å²) in [5.74, 6) is -0.459. The number of carbonyl (C=O) groups excluding carboxylic acids is 2. The molecular weight excluding hydrogens is 368 g/mol. The minimum Gasteiger partial charge on any atom is -0.324 e. The van der Waals surface area contributed by atoms with E-state index in [0.717, 1.165) is 4.90 Å². The molecule has 136 valence electrons. The second kappa shape index (κ2) is 6.44. The molecule has 0 spiro atoms. The highest BCUT2D eigenvalue weighted by molar-refractivity contribution is 8.00. The van der Waals surface area contributed by atoms with E-state index in [2.05, 4.69) is 20.6 Å². The molecule has 4 rings (SSSR count). The number of fused-ring (bicyclic) bond motifs is 2. The molecular formula is C18H14N4O4S. The number of H-pyrrole nitrogens is 2. The predicted molar refractivity (Wildman–Crippen MR) is 104 cm³/mol. The molecule has 2 aromatic carbocycles. The van der Waals surface area contributed by atoms with Gasteiger partial charge < -0.3 is 20.6 Å². The van der Waals surface area contributed by atoms with Crippen LogP contribution < -0.4 is 21.8 Å². The number of amides is 2. The fourth-order valence-electron chi connectivity index (χ4n) is 2.75. The summed E-state index contributed by atoms with van der Waals surface area (Å²) in [6.45, 7) is 1.82. The van der Waals surface area contributed by atoms with E-state index in [1.807, 2.05) is 6.92 Å². The van der Waals surface area contributed by atoms with Gasteiger partial charge in [-0.25, -0.2) is 0 Å². The van der Waals surface area contributed by atoms with Gasteiger partial charge in [-0.2, -0.15) is 0 Å². The van der Waals surface area contributed by atoms with Gasteiger partial charge in [-0.1, -0.05) is 0 Å². The smallest absolute Gasteiger partial charge is 0.314 e. The summed E-state index contributed by atoms with van der Waals surface area (Å²) in [6.07, 6.45) is 0. The predicted octanol–water partition coefficient (Wildman–Crippen LogP) is 1.90. The lowest BCUT2D eigenvalue weighted by Crippen LogP contribution is -2.28. The number of aromatic amines is 2. The second-order valence-corrected chi connectivity index (χ2v) is 7.47. The molecule has 1 aliphatic heterocycles. The second-order valence-electron chi connectivity index (χ2n) is 6.08. The number of rotatable bonds is 2. The van der Waals surface area contributed by atoms with E-state index in [4.69, 9.17) is 0 Å². The maximum atomic E-state index is 12.5. The van der Waals surface area contributed by atoms with Crippen molar-refractivity contribution in [2.45, 2.75) is 17.1 Å². The van der Waals surface area contributed by atoms with Gasteiger partial charge in [0.1, 0.15) is 0 Å². The van der Waals surface area contributed by atoms with Crippen LogP contribution in [0.5, 0.6) is 0 Å². The Labute approximate surface area is 156 Å². The Bertz CT molecular complexity index is 1210. The standard InChI is InChI=1S/C18H14N4O4S/c1-8-15(23)22-13-6-9(2-5-14(13)27-8)16(24)19-10-3-4-11-12(7-10)21-18(26)17(25)20-11/h2-8H,1H3,(H,19,24)(H,20,25)(H,21,26)(H,22,23)/t8-/m0/s1. The zero-order valence-corrected chi connectivity index (χ0v) is 14.9. The van der Waals surface area contributed by atoms with Crippen molar-refractivity contribution >= 4 is 46.0 Å². The van der Waals surface area contributed by atoms with Crippen molar-refractivity contribution in [1.82, 2.24) is 9.97 Å². The largest absolute Gasteiger partial charge is 0.324 e. The lowest BCUT2D eigenvalue weighted by Gasteiger charge is -2.21. The van der Waals surface area contributed by atoms with Crippen LogP contribution in [0.2, 0.25) is 0 Å². The van der Waals surface area contributed by atoms with E-state index < -0.39 is 11.1 Å². The van der Waals surface area contributed by atoms with Crippen LogP contribution in [0.1, 0.15) is 17.3 Å². The van der Waals surface area contributed by atoms with Crippen molar-refractivity contribution in [1.29, 1.82) is 0 Å². The summed E-state index contributed by atoms with van der Waals surface area (Å²) in [6, 6.07) is 9.88. The molecule has 2 amide bonds. The van der Waals surface area contributed by atoms with Crippen molar-refractivity contribution in [3.8, 4) is 0 Å². The number of benzene rings is 2. The molecule has 0 radical (unpaired) electrons. The third-order valence-corrected chi connectivity index (χ3v) is 5.33. The van der Waals surface area contributed by atoms with E-state index in [-0.39, 0.29) is 17.1 Å². The van der Waals surface area contributed by atoms with Crippen molar-refractivity contribution in [3.63, 3.8) is 0 Å². The zero-order valence-electron chi connectivity index (χ0n) is 14.1. The molecule has 0 saturated carbocycles. The van der Waals surface area contributed by atoms with Crippen molar-refractivity contribution < 1.29 is 9.59 Å². The summed E-state index contributed by atoms with van der Waals surface area (Å²) in [5, 5.41) is 5.35. The molecule has 0 aliphatic carbocycles.